The first-order valence-electron chi connectivity index (χ1n) is 4.28. The SMILES string of the molecule is CSc1nc(-c2ccco2)n(C(C)=O)n1. The lowest BCUT2D eigenvalue weighted by Crippen LogP contribution is -2.09. The van der Waals surface area contributed by atoms with E-state index in [1.165, 1.54) is 29.6 Å². The van der Waals surface area contributed by atoms with Crippen LogP contribution in [0.25, 0.3) is 11.6 Å². The van der Waals surface area contributed by atoms with Crippen LogP contribution >= 0.6 is 11.8 Å². The molecule has 6 heteroatoms. The summed E-state index contributed by atoms with van der Waals surface area (Å²) in [5, 5.41) is 4.60. The first-order chi connectivity index (χ1) is 7.22. The Morgan fingerprint density at radius 2 is 2.40 bits per heavy atom. The van der Waals surface area contributed by atoms with E-state index in [-0.39, 0.29) is 5.91 Å². The molecule has 0 bridgehead atoms. The second-order valence-corrected chi connectivity index (χ2v) is 3.60. The molecule has 78 valence electrons. The van der Waals surface area contributed by atoms with Crippen LogP contribution in [0.2, 0.25) is 0 Å². The summed E-state index contributed by atoms with van der Waals surface area (Å²) >= 11 is 1.38. The smallest absolute Gasteiger partial charge is 0.245 e. The average molecular weight is 223 g/mol. The lowest BCUT2D eigenvalue weighted by Gasteiger charge is -1.96. The van der Waals surface area contributed by atoms with Crippen LogP contribution in [0.4, 0.5) is 0 Å². The quantitative estimate of drug-likeness (QED) is 0.728. The molecule has 5 nitrogen and oxygen atoms in total. The van der Waals surface area contributed by atoms with Gasteiger partial charge in [-0.15, -0.1) is 5.10 Å². The van der Waals surface area contributed by atoms with Gasteiger partial charge in [0, 0.05) is 6.92 Å². The summed E-state index contributed by atoms with van der Waals surface area (Å²) in [7, 11) is 0. The van der Waals surface area contributed by atoms with Crippen LogP contribution < -0.4 is 0 Å². The third-order valence-electron chi connectivity index (χ3n) is 1.81. The molecule has 0 N–H and O–H groups in total. The lowest BCUT2D eigenvalue weighted by atomic mass is 10.4. The number of carbonyl (C=O) groups excluding carboxylic acids is 1. The first kappa shape index (κ1) is 9.97. The van der Waals surface area contributed by atoms with E-state index in [1.807, 2.05) is 6.26 Å². The standard InChI is InChI=1S/C9H9N3O2S/c1-6(13)12-8(7-4-3-5-14-7)10-9(11-12)15-2/h3-5H,1-2H3. The number of aromatic nitrogens is 3. The topological polar surface area (TPSA) is 60.9 Å². The van der Waals surface area contributed by atoms with Crippen LogP contribution in [-0.4, -0.2) is 26.9 Å². The monoisotopic (exact) mass is 223 g/mol. The van der Waals surface area contributed by atoms with Crippen molar-refractivity contribution in [1.82, 2.24) is 14.8 Å². The molecule has 0 aliphatic heterocycles. The summed E-state index contributed by atoms with van der Waals surface area (Å²) in [5.74, 6) is 0.795. The van der Waals surface area contributed by atoms with E-state index in [9.17, 15) is 4.79 Å². The molecule has 2 aromatic rings. The maximum atomic E-state index is 11.3. The van der Waals surface area contributed by atoms with E-state index in [0.717, 1.165) is 0 Å². The fourth-order valence-corrected chi connectivity index (χ4v) is 1.51. The number of hydrogen-bond acceptors (Lipinski definition) is 5. The van der Waals surface area contributed by atoms with Crippen LogP contribution in [0.3, 0.4) is 0 Å². The molecule has 0 aliphatic rings. The Hall–Kier alpha value is -1.56. The minimum absolute atomic E-state index is 0.186. The summed E-state index contributed by atoms with van der Waals surface area (Å²) in [6.07, 6.45) is 3.39. The Labute approximate surface area is 90.5 Å². The third kappa shape index (κ3) is 1.80. The van der Waals surface area contributed by atoms with Crippen LogP contribution in [0.5, 0.6) is 0 Å². The zero-order chi connectivity index (χ0) is 10.8. The molecule has 0 unspecified atom stereocenters. The van der Waals surface area contributed by atoms with Gasteiger partial charge in [-0.2, -0.15) is 9.67 Å². The molecule has 0 aliphatic carbocycles. The highest BCUT2D eigenvalue weighted by Gasteiger charge is 2.16. The van der Waals surface area contributed by atoms with Gasteiger partial charge in [-0.05, 0) is 18.4 Å². The van der Waals surface area contributed by atoms with Crippen molar-refractivity contribution < 1.29 is 9.21 Å². The molecule has 0 aromatic carbocycles. The van der Waals surface area contributed by atoms with Gasteiger partial charge >= 0.3 is 0 Å². The fourth-order valence-electron chi connectivity index (χ4n) is 1.16. The molecule has 0 spiro atoms. The Bertz CT molecular complexity index is 476. The lowest BCUT2D eigenvalue weighted by molar-refractivity contribution is 0.0921. The number of hydrogen-bond donors (Lipinski definition) is 0. The van der Waals surface area contributed by atoms with E-state index in [1.54, 1.807) is 12.1 Å². The molecule has 0 atom stereocenters. The van der Waals surface area contributed by atoms with Gasteiger partial charge in [-0.25, -0.2) is 0 Å². The van der Waals surface area contributed by atoms with Gasteiger partial charge in [0.2, 0.25) is 16.9 Å². The van der Waals surface area contributed by atoms with Gasteiger partial charge in [0.1, 0.15) is 0 Å². The van der Waals surface area contributed by atoms with Crippen molar-refractivity contribution >= 4 is 17.7 Å². The molecular formula is C9H9N3O2S. The summed E-state index contributed by atoms with van der Waals surface area (Å²) in [6, 6.07) is 3.49. The maximum absolute atomic E-state index is 11.3. The van der Waals surface area contributed by atoms with E-state index in [2.05, 4.69) is 10.1 Å². The van der Waals surface area contributed by atoms with Crippen LogP contribution in [0.1, 0.15) is 11.7 Å². The van der Waals surface area contributed by atoms with Gasteiger partial charge in [-0.1, -0.05) is 11.8 Å². The summed E-state index contributed by atoms with van der Waals surface area (Å²) in [5.41, 5.74) is 0. The van der Waals surface area contributed by atoms with Gasteiger partial charge in [0.05, 0.1) is 6.26 Å². The highest BCUT2D eigenvalue weighted by molar-refractivity contribution is 7.98. The summed E-state index contributed by atoms with van der Waals surface area (Å²) < 4.78 is 6.42. The predicted molar refractivity (Wildman–Crippen MR) is 55.8 cm³/mol. The van der Waals surface area contributed by atoms with Gasteiger partial charge < -0.3 is 4.42 Å². The van der Waals surface area contributed by atoms with Crippen molar-refractivity contribution in [3.8, 4) is 11.6 Å². The Kier molecular flexibility index (Phi) is 2.59. The molecule has 0 radical (unpaired) electrons. The maximum Gasteiger partial charge on any atom is 0.245 e. The number of carbonyl (C=O) groups is 1. The van der Waals surface area contributed by atoms with Crippen molar-refractivity contribution in [1.29, 1.82) is 0 Å². The van der Waals surface area contributed by atoms with E-state index >= 15 is 0 Å². The molecule has 2 rings (SSSR count). The van der Waals surface area contributed by atoms with Crippen LogP contribution in [0.15, 0.2) is 28.0 Å². The number of thioether (sulfide) groups is 1. The number of rotatable bonds is 2. The number of nitrogens with zero attached hydrogens (tertiary/aromatic N) is 3. The molecule has 0 saturated heterocycles. The predicted octanol–water partition coefficient (Wildman–Crippen LogP) is 1.92. The zero-order valence-electron chi connectivity index (χ0n) is 8.30. The van der Waals surface area contributed by atoms with Crippen molar-refractivity contribution in [3.63, 3.8) is 0 Å². The fraction of sp³-hybridized carbons (Fsp3) is 0.222. The van der Waals surface area contributed by atoms with Crippen LogP contribution in [0, 0.1) is 0 Å². The summed E-state index contributed by atoms with van der Waals surface area (Å²) in [4.78, 5) is 15.5. The van der Waals surface area contributed by atoms with Gasteiger partial charge in [0.15, 0.2) is 5.76 Å². The molecule has 0 amide bonds. The molecule has 2 aromatic heterocycles. The molecule has 15 heavy (non-hydrogen) atoms. The minimum Gasteiger partial charge on any atom is -0.461 e. The molecular weight excluding hydrogens is 214 g/mol. The van der Waals surface area contributed by atoms with Crippen LogP contribution in [-0.2, 0) is 0 Å². The Morgan fingerprint density at radius 1 is 1.60 bits per heavy atom. The molecule has 2 heterocycles. The highest BCUT2D eigenvalue weighted by Crippen LogP contribution is 2.20. The molecule has 0 fully saturated rings. The van der Waals surface area contributed by atoms with Crippen molar-refractivity contribution in [2.24, 2.45) is 0 Å². The average Bonchev–Trinajstić information content (AvgIpc) is 2.86. The van der Waals surface area contributed by atoms with Crippen molar-refractivity contribution in [2.75, 3.05) is 6.26 Å². The van der Waals surface area contributed by atoms with Crippen molar-refractivity contribution in [2.45, 2.75) is 12.1 Å². The Morgan fingerprint density at radius 3 is 2.93 bits per heavy atom. The molecule has 0 saturated carbocycles. The Balaban J connectivity index is 2.54. The van der Waals surface area contributed by atoms with E-state index in [0.29, 0.717) is 16.7 Å². The van der Waals surface area contributed by atoms with Gasteiger partial charge in [0.25, 0.3) is 0 Å². The minimum atomic E-state index is -0.186. The normalized spacial score (nSPS) is 10.5. The van der Waals surface area contributed by atoms with E-state index in [4.69, 9.17) is 4.42 Å². The van der Waals surface area contributed by atoms with Gasteiger partial charge in [-0.3, -0.25) is 4.79 Å². The number of furan rings is 1. The zero-order valence-corrected chi connectivity index (χ0v) is 9.11. The van der Waals surface area contributed by atoms with Crippen molar-refractivity contribution in [3.05, 3.63) is 18.4 Å². The third-order valence-corrected chi connectivity index (χ3v) is 2.35. The first-order valence-corrected chi connectivity index (χ1v) is 5.50. The second kappa shape index (κ2) is 3.90. The largest absolute Gasteiger partial charge is 0.461 e. The second-order valence-electron chi connectivity index (χ2n) is 2.83. The van der Waals surface area contributed by atoms with E-state index < -0.39 is 0 Å². The highest BCUT2D eigenvalue weighted by atomic mass is 32.2. The summed E-state index contributed by atoms with van der Waals surface area (Å²) in [6.45, 7) is 1.44.